The van der Waals surface area contributed by atoms with Gasteiger partial charge in [-0.2, -0.15) is 4.99 Å². The van der Waals surface area contributed by atoms with E-state index in [4.69, 9.17) is 23.2 Å². The molecule has 1 saturated heterocycles. The highest BCUT2D eigenvalue weighted by Gasteiger charge is 2.24. The van der Waals surface area contributed by atoms with Gasteiger partial charge in [0, 0.05) is 12.6 Å². The van der Waals surface area contributed by atoms with E-state index in [1.54, 1.807) is 18.2 Å². The number of carbonyl (C=O) groups excluding carboxylic acids is 2. The van der Waals surface area contributed by atoms with Gasteiger partial charge < -0.3 is 15.5 Å². The Morgan fingerprint density at radius 2 is 1.96 bits per heavy atom. The number of amidine groups is 1. The number of likely N-dealkylation sites (tertiary alicyclic amines) is 1. The number of halogens is 2. The molecular weight excluding hydrogens is 407 g/mol. The molecule has 0 aromatic heterocycles. The van der Waals surface area contributed by atoms with Crippen molar-refractivity contribution in [3.05, 3.63) is 39.2 Å². The zero-order valence-electron chi connectivity index (χ0n) is 14.6. The van der Waals surface area contributed by atoms with Crippen LogP contribution in [-0.2, 0) is 9.59 Å². The smallest absolute Gasteiger partial charge is 0.286 e. The van der Waals surface area contributed by atoms with Crippen LogP contribution in [0, 0.1) is 0 Å². The molecule has 2 amide bonds. The monoisotopic (exact) mass is 426 g/mol. The van der Waals surface area contributed by atoms with Gasteiger partial charge in [0.1, 0.15) is 0 Å². The lowest BCUT2D eigenvalue weighted by Gasteiger charge is -2.13. The van der Waals surface area contributed by atoms with E-state index in [0.717, 1.165) is 37.8 Å². The number of nitrogens with zero attached hydrogens (tertiary/aromatic N) is 2. The number of hydrogen-bond acceptors (Lipinski definition) is 5. The molecule has 6 nitrogen and oxygen atoms in total. The number of para-hydroxylation sites is 1. The van der Waals surface area contributed by atoms with Crippen molar-refractivity contribution in [3.63, 3.8) is 0 Å². The third-order valence-corrected chi connectivity index (χ3v) is 5.76. The molecule has 0 atom stereocenters. The molecule has 9 heteroatoms. The summed E-state index contributed by atoms with van der Waals surface area (Å²) in [6.07, 6.45) is 4.70. The summed E-state index contributed by atoms with van der Waals surface area (Å²) in [5, 5.41) is 6.94. The maximum Gasteiger partial charge on any atom is 0.286 e. The number of amides is 2. The molecule has 144 valence electrons. The number of hydrogen-bond donors (Lipinski definition) is 2. The first-order valence-electron chi connectivity index (χ1n) is 8.77. The summed E-state index contributed by atoms with van der Waals surface area (Å²) < 4.78 is 0. The van der Waals surface area contributed by atoms with Crippen LogP contribution < -0.4 is 10.6 Å². The van der Waals surface area contributed by atoms with Crippen molar-refractivity contribution in [1.29, 1.82) is 0 Å². The summed E-state index contributed by atoms with van der Waals surface area (Å²) in [4.78, 5) is 30.6. The topological polar surface area (TPSA) is 73.8 Å². The average molecular weight is 427 g/mol. The summed E-state index contributed by atoms with van der Waals surface area (Å²) >= 11 is 13.3. The second-order valence-corrected chi connectivity index (χ2v) is 8.09. The molecular formula is C18H20Cl2N4O2S. The normalized spacial score (nSPS) is 18.8. The van der Waals surface area contributed by atoms with E-state index in [2.05, 4.69) is 20.5 Å². The molecule has 0 saturated carbocycles. The van der Waals surface area contributed by atoms with Crippen LogP contribution in [0.5, 0.6) is 0 Å². The van der Waals surface area contributed by atoms with Crippen molar-refractivity contribution >= 4 is 57.6 Å². The number of nitrogens with one attached hydrogen (secondary N) is 2. The first kappa shape index (κ1) is 20.2. The van der Waals surface area contributed by atoms with Crippen LogP contribution in [0.4, 0.5) is 5.69 Å². The lowest BCUT2D eigenvalue weighted by atomic mass is 10.3. The predicted molar refractivity (Wildman–Crippen MR) is 112 cm³/mol. The number of carbonyl (C=O) groups is 2. The van der Waals surface area contributed by atoms with E-state index >= 15 is 0 Å². The van der Waals surface area contributed by atoms with Crippen LogP contribution in [-0.4, -0.2) is 48.1 Å². The number of anilines is 1. The highest BCUT2D eigenvalue weighted by molar-refractivity contribution is 8.18. The standard InChI is InChI=1S/C18H20Cl2N4O2S/c19-12-5-3-6-13(20)16(12)22-18-23-17(26)14(27-18)11-15(25)21-7-4-10-24-8-1-2-9-24/h3,5-6,11H,1-2,4,7-10H2,(H,21,25)(H,22,23,26). The Kier molecular flexibility index (Phi) is 7.18. The van der Waals surface area contributed by atoms with Crippen LogP contribution in [0.3, 0.4) is 0 Å². The largest absolute Gasteiger partial charge is 0.352 e. The van der Waals surface area contributed by atoms with Crippen molar-refractivity contribution in [3.8, 4) is 0 Å². The molecule has 1 fully saturated rings. The molecule has 1 aromatic rings. The minimum atomic E-state index is -0.460. The molecule has 2 aliphatic rings. The Morgan fingerprint density at radius 1 is 1.26 bits per heavy atom. The van der Waals surface area contributed by atoms with Crippen LogP contribution in [0.15, 0.2) is 34.2 Å². The first-order valence-corrected chi connectivity index (χ1v) is 10.3. The third kappa shape index (κ3) is 5.72. The fourth-order valence-corrected chi connectivity index (χ4v) is 4.16. The summed E-state index contributed by atoms with van der Waals surface area (Å²) in [7, 11) is 0. The second-order valence-electron chi connectivity index (χ2n) is 6.25. The Labute approximate surface area is 172 Å². The summed E-state index contributed by atoms with van der Waals surface area (Å²) in [6, 6.07) is 5.10. The third-order valence-electron chi connectivity index (χ3n) is 4.23. The molecule has 0 spiro atoms. The van der Waals surface area contributed by atoms with E-state index in [9.17, 15) is 9.59 Å². The zero-order chi connectivity index (χ0) is 19.2. The maximum atomic E-state index is 12.0. The second kappa shape index (κ2) is 9.59. The van der Waals surface area contributed by atoms with E-state index in [-0.39, 0.29) is 10.8 Å². The molecule has 2 N–H and O–H groups in total. The van der Waals surface area contributed by atoms with Gasteiger partial charge in [0.15, 0.2) is 5.17 Å². The Balaban J connectivity index is 1.48. The molecule has 27 heavy (non-hydrogen) atoms. The quantitative estimate of drug-likeness (QED) is 0.537. The predicted octanol–water partition coefficient (Wildman–Crippen LogP) is 3.52. The van der Waals surface area contributed by atoms with Gasteiger partial charge in [-0.15, -0.1) is 0 Å². The van der Waals surface area contributed by atoms with E-state index < -0.39 is 5.91 Å². The Hall–Kier alpha value is -1.54. The minimum Gasteiger partial charge on any atom is -0.352 e. The van der Waals surface area contributed by atoms with Crippen molar-refractivity contribution in [1.82, 2.24) is 10.2 Å². The van der Waals surface area contributed by atoms with E-state index in [1.807, 2.05) is 0 Å². The molecule has 0 unspecified atom stereocenters. The minimum absolute atomic E-state index is 0.262. The van der Waals surface area contributed by atoms with Gasteiger partial charge in [0.25, 0.3) is 5.91 Å². The van der Waals surface area contributed by atoms with Gasteiger partial charge in [0.2, 0.25) is 5.91 Å². The van der Waals surface area contributed by atoms with Gasteiger partial charge in [0.05, 0.1) is 20.6 Å². The van der Waals surface area contributed by atoms with Gasteiger partial charge in [-0.1, -0.05) is 29.3 Å². The maximum absolute atomic E-state index is 12.0. The van der Waals surface area contributed by atoms with E-state index in [1.165, 1.54) is 18.9 Å². The molecule has 0 aliphatic carbocycles. The highest BCUT2D eigenvalue weighted by Crippen LogP contribution is 2.33. The van der Waals surface area contributed by atoms with Crippen molar-refractivity contribution in [2.24, 2.45) is 4.99 Å². The van der Waals surface area contributed by atoms with Crippen LogP contribution in [0.2, 0.25) is 10.0 Å². The summed E-state index contributed by atoms with van der Waals surface area (Å²) in [5.74, 6) is -0.752. The summed E-state index contributed by atoms with van der Waals surface area (Å²) in [5.41, 5.74) is 0.479. The SMILES string of the molecule is O=C(C=C1SC(Nc2c(Cl)cccc2Cl)=NC1=O)NCCCN1CCCC1. The molecule has 1 aromatic carbocycles. The Morgan fingerprint density at radius 3 is 2.67 bits per heavy atom. The van der Waals surface area contributed by atoms with Gasteiger partial charge in [-0.3, -0.25) is 9.59 Å². The fourth-order valence-electron chi connectivity index (χ4n) is 2.88. The molecule has 0 bridgehead atoms. The lowest BCUT2D eigenvalue weighted by molar-refractivity contribution is -0.117. The number of aliphatic imine (C=N–C) groups is 1. The fraction of sp³-hybridized carbons (Fsp3) is 0.389. The average Bonchev–Trinajstić information content (AvgIpc) is 3.25. The van der Waals surface area contributed by atoms with Crippen LogP contribution in [0.1, 0.15) is 19.3 Å². The lowest BCUT2D eigenvalue weighted by Crippen LogP contribution is -2.27. The van der Waals surface area contributed by atoms with Gasteiger partial charge in [-0.05, 0) is 62.8 Å². The highest BCUT2D eigenvalue weighted by atomic mass is 35.5. The number of thioether (sulfide) groups is 1. The summed E-state index contributed by atoms with van der Waals surface area (Å²) in [6.45, 7) is 3.86. The van der Waals surface area contributed by atoms with E-state index in [0.29, 0.717) is 27.4 Å². The van der Waals surface area contributed by atoms with Gasteiger partial charge >= 0.3 is 0 Å². The van der Waals surface area contributed by atoms with Crippen molar-refractivity contribution in [2.75, 3.05) is 31.5 Å². The van der Waals surface area contributed by atoms with Crippen molar-refractivity contribution < 1.29 is 9.59 Å². The number of benzene rings is 1. The van der Waals surface area contributed by atoms with Crippen LogP contribution >= 0.6 is 35.0 Å². The first-order chi connectivity index (χ1) is 13.0. The molecule has 2 heterocycles. The molecule has 0 radical (unpaired) electrons. The van der Waals surface area contributed by atoms with Gasteiger partial charge in [-0.25, -0.2) is 0 Å². The number of rotatable bonds is 6. The zero-order valence-corrected chi connectivity index (χ0v) is 17.0. The Bertz CT molecular complexity index is 771. The van der Waals surface area contributed by atoms with Crippen molar-refractivity contribution in [2.45, 2.75) is 19.3 Å². The molecule has 3 rings (SSSR count). The van der Waals surface area contributed by atoms with Crippen LogP contribution in [0.25, 0.3) is 0 Å². The molecule has 2 aliphatic heterocycles.